The number of ether oxygens (including phenoxy) is 1. The average Bonchev–Trinajstić information content (AvgIpc) is 3.32. The van der Waals surface area contributed by atoms with Gasteiger partial charge in [-0.1, -0.05) is 12.1 Å². The number of fused-ring (bicyclic) bond motifs is 1. The van der Waals surface area contributed by atoms with Gasteiger partial charge in [0, 0.05) is 31.9 Å². The number of nitrogens with one attached hydrogen (secondary N) is 1. The number of aromatic nitrogens is 2. The van der Waals surface area contributed by atoms with Crippen molar-refractivity contribution in [3.05, 3.63) is 60.0 Å². The third-order valence-electron chi connectivity index (χ3n) is 4.90. The fourth-order valence-electron chi connectivity index (χ4n) is 3.51. The molecule has 2 aromatic heterocycles. The second-order valence-electron chi connectivity index (χ2n) is 6.49. The summed E-state index contributed by atoms with van der Waals surface area (Å²) in [7, 11) is 1.71. The van der Waals surface area contributed by atoms with Crippen LogP contribution in [-0.4, -0.2) is 35.6 Å². The molecule has 1 saturated heterocycles. The Balaban J connectivity index is 1.43. The number of anilines is 1. The van der Waals surface area contributed by atoms with E-state index < -0.39 is 0 Å². The molecule has 1 aliphatic rings. The van der Waals surface area contributed by atoms with Crippen LogP contribution in [0.4, 0.5) is 5.69 Å². The molecule has 1 N–H and O–H groups in total. The molecule has 0 saturated carbocycles. The summed E-state index contributed by atoms with van der Waals surface area (Å²) in [5.74, 6) is 0.916. The molecule has 1 aromatic carbocycles. The normalized spacial score (nSPS) is 16.8. The summed E-state index contributed by atoms with van der Waals surface area (Å²) in [4.78, 5) is 6.77. The summed E-state index contributed by atoms with van der Waals surface area (Å²) in [6.07, 6.45) is 4.80. The van der Waals surface area contributed by atoms with Gasteiger partial charge < -0.3 is 19.4 Å². The smallest absolute Gasteiger partial charge is 0.142 e. The van der Waals surface area contributed by atoms with E-state index in [0.717, 1.165) is 48.8 Å². The first-order chi connectivity index (χ1) is 12.8. The van der Waals surface area contributed by atoms with Crippen molar-refractivity contribution < 1.29 is 4.74 Å². The predicted molar refractivity (Wildman–Crippen MR) is 100 cm³/mol. The van der Waals surface area contributed by atoms with E-state index >= 15 is 0 Å². The maximum atomic E-state index is 9.09. The summed E-state index contributed by atoms with van der Waals surface area (Å²) in [5.41, 5.74) is 3.71. The molecule has 1 aliphatic heterocycles. The van der Waals surface area contributed by atoms with Crippen molar-refractivity contribution in [2.24, 2.45) is 0 Å². The highest BCUT2D eigenvalue weighted by molar-refractivity contribution is 5.59. The minimum absolute atomic E-state index is 0.407. The van der Waals surface area contributed by atoms with Gasteiger partial charge in [-0.2, -0.15) is 5.26 Å². The van der Waals surface area contributed by atoms with E-state index in [-0.39, 0.29) is 0 Å². The molecule has 6 nitrogen and oxygen atoms in total. The Hall–Kier alpha value is -3.04. The molecule has 6 heteroatoms. The SMILES string of the molecule is COc1ccccc1N1CC[C@@H](NCc2cnc3ccc(C#N)cn23)C1. The number of hydrogen-bond donors (Lipinski definition) is 1. The van der Waals surface area contributed by atoms with Crippen molar-refractivity contribution in [3.63, 3.8) is 0 Å². The fourth-order valence-corrected chi connectivity index (χ4v) is 3.51. The molecule has 132 valence electrons. The zero-order valence-electron chi connectivity index (χ0n) is 14.7. The lowest BCUT2D eigenvalue weighted by atomic mass is 10.2. The van der Waals surface area contributed by atoms with Crippen LogP contribution in [0.5, 0.6) is 5.75 Å². The van der Waals surface area contributed by atoms with E-state index in [1.54, 1.807) is 13.2 Å². The molecular formula is C20H21N5O. The summed E-state index contributed by atoms with van der Waals surface area (Å²) < 4.78 is 7.47. The Labute approximate surface area is 152 Å². The van der Waals surface area contributed by atoms with Gasteiger partial charge in [0.05, 0.1) is 30.3 Å². The number of benzene rings is 1. The van der Waals surface area contributed by atoms with Crippen LogP contribution in [0.1, 0.15) is 17.7 Å². The standard InChI is InChI=1S/C20H21N5O/c1-26-19-5-3-2-4-18(19)24-9-8-16(14-24)22-11-17-12-23-20-7-6-15(10-21)13-25(17)20/h2-7,12-13,16,22H,8-9,11,14H2,1H3/t16-/m1/s1. The molecule has 0 radical (unpaired) electrons. The van der Waals surface area contributed by atoms with Crippen LogP contribution in [0.2, 0.25) is 0 Å². The van der Waals surface area contributed by atoms with Gasteiger partial charge in [0.15, 0.2) is 0 Å². The lowest BCUT2D eigenvalue weighted by molar-refractivity contribution is 0.414. The molecule has 1 atom stereocenters. The first kappa shape index (κ1) is 16.4. The van der Waals surface area contributed by atoms with Crippen LogP contribution in [0.25, 0.3) is 5.65 Å². The van der Waals surface area contributed by atoms with Crippen molar-refractivity contribution in [2.45, 2.75) is 19.0 Å². The van der Waals surface area contributed by atoms with Crippen molar-refractivity contribution in [3.8, 4) is 11.8 Å². The lowest BCUT2D eigenvalue weighted by Gasteiger charge is -2.21. The van der Waals surface area contributed by atoms with Gasteiger partial charge in [0.25, 0.3) is 0 Å². The molecule has 3 aromatic rings. The maximum Gasteiger partial charge on any atom is 0.142 e. The molecule has 26 heavy (non-hydrogen) atoms. The minimum atomic E-state index is 0.407. The fraction of sp³-hybridized carbons (Fsp3) is 0.300. The van der Waals surface area contributed by atoms with E-state index in [4.69, 9.17) is 10.00 Å². The molecule has 1 fully saturated rings. The Morgan fingerprint density at radius 2 is 2.19 bits per heavy atom. The summed E-state index contributed by atoms with van der Waals surface area (Å²) >= 11 is 0. The van der Waals surface area contributed by atoms with E-state index in [1.807, 2.05) is 41.1 Å². The zero-order valence-corrected chi connectivity index (χ0v) is 14.7. The minimum Gasteiger partial charge on any atom is -0.495 e. The van der Waals surface area contributed by atoms with E-state index in [0.29, 0.717) is 11.6 Å². The Kier molecular flexibility index (Phi) is 4.46. The van der Waals surface area contributed by atoms with Gasteiger partial charge in [-0.25, -0.2) is 4.98 Å². The van der Waals surface area contributed by atoms with Gasteiger partial charge in [-0.05, 0) is 30.7 Å². The topological polar surface area (TPSA) is 65.6 Å². The summed E-state index contributed by atoms with van der Waals surface area (Å²) in [6, 6.07) is 14.4. The Bertz CT molecular complexity index is 958. The molecule has 0 aliphatic carbocycles. The molecule has 0 unspecified atom stereocenters. The molecule has 0 amide bonds. The Morgan fingerprint density at radius 1 is 1.31 bits per heavy atom. The Morgan fingerprint density at radius 3 is 3.04 bits per heavy atom. The molecule has 4 rings (SSSR count). The van der Waals surface area contributed by atoms with Crippen molar-refractivity contribution >= 4 is 11.3 Å². The average molecular weight is 347 g/mol. The van der Waals surface area contributed by atoms with Crippen molar-refractivity contribution in [1.29, 1.82) is 5.26 Å². The van der Waals surface area contributed by atoms with Crippen LogP contribution >= 0.6 is 0 Å². The number of methoxy groups -OCH3 is 1. The summed E-state index contributed by atoms with van der Waals surface area (Å²) in [5, 5.41) is 12.7. The van der Waals surface area contributed by atoms with Crippen LogP contribution in [0.15, 0.2) is 48.8 Å². The number of para-hydroxylation sites is 2. The highest BCUT2D eigenvalue weighted by atomic mass is 16.5. The quantitative estimate of drug-likeness (QED) is 0.768. The van der Waals surface area contributed by atoms with Crippen LogP contribution in [0.3, 0.4) is 0 Å². The third kappa shape index (κ3) is 3.09. The second-order valence-corrected chi connectivity index (χ2v) is 6.49. The van der Waals surface area contributed by atoms with Gasteiger partial charge in [-0.3, -0.25) is 0 Å². The van der Waals surface area contributed by atoms with E-state index in [1.165, 1.54) is 0 Å². The van der Waals surface area contributed by atoms with Crippen LogP contribution in [0, 0.1) is 11.3 Å². The van der Waals surface area contributed by atoms with Gasteiger partial charge in [-0.15, -0.1) is 0 Å². The largest absolute Gasteiger partial charge is 0.495 e. The van der Waals surface area contributed by atoms with E-state index in [9.17, 15) is 0 Å². The monoisotopic (exact) mass is 347 g/mol. The highest BCUT2D eigenvalue weighted by Gasteiger charge is 2.24. The molecule has 3 heterocycles. The highest BCUT2D eigenvalue weighted by Crippen LogP contribution is 2.30. The molecular weight excluding hydrogens is 326 g/mol. The van der Waals surface area contributed by atoms with Crippen molar-refractivity contribution in [2.75, 3.05) is 25.1 Å². The number of nitriles is 1. The van der Waals surface area contributed by atoms with Gasteiger partial charge >= 0.3 is 0 Å². The van der Waals surface area contributed by atoms with Crippen LogP contribution in [-0.2, 0) is 6.54 Å². The first-order valence-corrected chi connectivity index (χ1v) is 8.76. The zero-order chi connectivity index (χ0) is 17.9. The summed E-state index contributed by atoms with van der Waals surface area (Å²) in [6.45, 7) is 2.67. The molecule has 0 bridgehead atoms. The number of imidazole rings is 1. The van der Waals surface area contributed by atoms with Gasteiger partial charge in [0.1, 0.15) is 17.5 Å². The second kappa shape index (κ2) is 7.06. The van der Waals surface area contributed by atoms with E-state index in [2.05, 4.69) is 27.3 Å². The predicted octanol–water partition coefficient (Wildman–Crippen LogP) is 2.58. The molecule has 0 spiro atoms. The van der Waals surface area contributed by atoms with Crippen LogP contribution < -0.4 is 15.0 Å². The number of nitrogens with zero attached hydrogens (tertiary/aromatic N) is 4. The van der Waals surface area contributed by atoms with Crippen molar-refractivity contribution in [1.82, 2.24) is 14.7 Å². The maximum absolute atomic E-state index is 9.09. The van der Waals surface area contributed by atoms with Gasteiger partial charge in [0.2, 0.25) is 0 Å². The number of pyridine rings is 1. The lowest BCUT2D eigenvalue weighted by Crippen LogP contribution is -2.32. The number of rotatable bonds is 5. The third-order valence-corrected chi connectivity index (χ3v) is 4.90. The number of hydrogen-bond acceptors (Lipinski definition) is 5. The first-order valence-electron chi connectivity index (χ1n) is 8.76.